The lowest BCUT2D eigenvalue weighted by atomic mass is 9.98. The number of carbonyl (C=O) groups is 3. The standard InChI is InChI=1S/C48H84N12O3/c1-6-9-11-39(5)37-45(63)57-22-16-42(17-23-57)54-28-34-60(35-29-54)48-50-46(58-30-24-52(25-31-58)40-12-18-55(19-13-40)43(61)8-3)49-47(51-48)59-32-26-53(27-33-59)41-14-20-56(21-15-41)44(62)36-38(4)10-7-2/h38-42H,6-37H2,1-5H3. The number of nitrogens with zero attached hydrogens (tertiary/aromatic N) is 12. The summed E-state index contributed by atoms with van der Waals surface area (Å²) in [4.78, 5) is 75.5. The predicted octanol–water partition coefficient (Wildman–Crippen LogP) is 4.66. The van der Waals surface area contributed by atoms with Crippen LogP contribution in [0, 0.1) is 11.8 Å². The van der Waals surface area contributed by atoms with E-state index in [1.807, 2.05) is 11.8 Å². The van der Waals surface area contributed by atoms with Crippen LogP contribution in [0.4, 0.5) is 17.8 Å². The second-order valence-corrected chi connectivity index (χ2v) is 20.0. The minimum Gasteiger partial charge on any atom is -0.343 e. The summed E-state index contributed by atoms with van der Waals surface area (Å²) < 4.78 is 0. The molecule has 0 spiro atoms. The largest absolute Gasteiger partial charge is 0.343 e. The third kappa shape index (κ3) is 12.7. The van der Waals surface area contributed by atoms with Gasteiger partial charge in [-0.15, -0.1) is 0 Å². The number of piperidine rings is 3. The average Bonchev–Trinajstić information content (AvgIpc) is 3.33. The fraction of sp³-hybridized carbons (Fsp3) is 0.875. The van der Waals surface area contributed by atoms with Gasteiger partial charge in [0, 0.05) is 155 Å². The molecule has 6 aliphatic heterocycles. The molecule has 15 nitrogen and oxygen atoms in total. The van der Waals surface area contributed by atoms with Crippen LogP contribution in [0.1, 0.15) is 125 Å². The highest BCUT2D eigenvalue weighted by molar-refractivity contribution is 5.77. The van der Waals surface area contributed by atoms with Crippen LogP contribution in [0.5, 0.6) is 0 Å². The number of aromatic nitrogens is 3. The Morgan fingerprint density at radius 1 is 0.444 bits per heavy atom. The average molecular weight is 877 g/mol. The molecule has 2 unspecified atom stereocenters. The molecule has 0 aromatic carbocycles. The van der Waals surface area contributed by atoms with Crippen molar-refractivity contribution in [3.63, 3.8) is 0 Å². The molecule has 7 rings (SSSR count). The van der Waals surface area contributed by atoms with Gasteiger partial charge >= 0.3 is 0 Å². The molecule has 63 heavy (non-hydrogen) atoms. The Bertz CT molecular complexity index is 1590. The SMILES string of the molecule is CCCCC(C)CC(=O)N1CCC(N2CCN(c3nc(N4CCN(C5CCN(C(=O)CC)CC5)CC4)nc(N4CCN(C5CCN(C(=O)CC(C)CCC)CC5)CC4)n3)CC2)CC1. The monoisotopic (exact) mass is 877 g/mol. The fourth-order valence-electron chi connectivity index (χ4n) is 11.4. The third-order valence-electron chi connectivity index (χ3n) is 15.6. The quantitative estimate of drug-likeness (QED) is 0.230. The van der Waals surface area contributed by atoms with E-state index in [4.69, 9.17) is 15.0 Å². The van der Waals surface area contributed by atoms with Crippen LogP contribution in [0.2, 0.25) is 0 Å². The molecule has 1 aromatic heterocycles. The molecule has 6 fully saturated rings. The lowest BCUT2D eigenvalue weighted by molar-refractivity contribution is -0.134. The van der Waals surface area contributed by atoms with Crippen LogP contribution < -0.4 is 14.7 Å². The van der Waals surface area contributed by atoms with E-state index in [2.05, 4.69) is 66.9 Å². The number of hydrogen-bond acceptors (Lipinski definition) is 12. The first-order valence-electron chi connectivity index (χ1n) is 25.7. The summed E-state index contributed by atoms with van der Waals surface area (Å²) in [6.45, 7) is 27.2. The number of rotatable bonds is 16. The second kappa shape index (κ2) is 23.2. The predicted molar refractivity (Wildman–Crippen MR) is 252 cm³/mol. The van der Waals surface area contributed by atoms with Gasteiger partial charge in [-0.2, -0.15) is 15.0 Å². The Labute approximate surface area is 380 Å². The molecule has 0 N–H and O–H groups in total. The van der Waals surface area contributed by atoms with Crippen molar-refractivity contribution in [2.24, 2.45) is 11.8 Å². The Balaban J connectivity index is 0.950. The molecule has 7 heterocycles. The van der Waals surface area contributed by atoms with Crippen LogP contribution >= 0.6 is 0 Å². The fourth-order valence-corrected chi connectivity index (χ4v) is 11.4. The number of anilines is 3. The lowest BCUT2D eigenvalue weighted by Gasteiger charge is -2.44. The number of amides is 3. The Morgan fingerprint density at radius 2 is 0.762 bits per heavy atom. The van der Waals surface area contributed by atoms with Crippen molar-refractivity contribution in [2.75, 3.05) is 133 Å². The van der Waals surface area contributed by atoms with Crippen molar-refractivity contribution >= 4 is 35.6 Å². The van der Waals surface area contributed by atoms with Gasteiger partial charge in [0.2, 0.25) is 35.6 Å². The van der Waals surface area contributed by atoms with Gasteiger partial charge in [-0.1, -0.05) is 66.7 Å². The number of unbranched alkanes of at least 4 members (excludes halogenated alkanes) is 1. The summed E-state index contributed by atoms with van der Waals surface area (Å²) >= 11 is 0. The van der Waals surface area contributed by atoms with Crippen molar-refractivity contribution in [1.29, 1.82) is 0 Å². The van der Waals surface area contributed by atoms with Crippen LogP contribution in [-0.2, 0) is 14.4 Å². The summed E-state index contributed by atoms with van der Waals surface area (Å²) in [5, 5.41) is 0. The maximum Gasteiger partial charge on any atom is 0.232 e. The normalized spacial score (nSPS) is 23.4. The van der Waals surface area contributed by atoms with Gasteiger partial charge in [0.25, 0.3) is 0 Å². The molecular weight excluding hydrogens is 793 g/mol. The molecule has 0 radical (unpaired) electrons. The first-order chi connectivity index (χ1) is 30.6. The molecular formula is C48H84N12O3. The maximum atomic E-state index is 13.1. The summed E-state index contributed by atoms with van der Waals surface area (Å²) in [5.74, 6) is 4.30. The molecule has 15 heteroatoms. The van der Waals surface area contributed by atoms with Crippen molar-refractivity contribution in [3.8, 4) is 0 Å². The van der Waals surface area contributed by atoms with Crippen molar-refractivity contribution < 1.29 is 14.4 Å². The molecule has 0 aliphatic carbocycles. The molecule has 354 valence electrons. The van der Waals surface area contributed by atoms with Gasteiger partial charge in [-0.3, -0.25) is 29.1 Å². The summed E-state index contributed by atoms with van der Waals surface area (Å²) in [6.07, 6.45) is 14.1. The van der Waals surface area contributed by atoms with E-state index in [0.717, 1.165) is 193 Å². The highest BCUT2D eigenvalue weighted by Gasteiger charge is 2.35. The molecule has 6 saturated heterocycles. The van der Waals surface area contributed by atoms with Gasteiger partial charge in [-0.05, 0) is 50.4 Å². The number of piperazine rings is 3. The Kier molecular flexibility index (Phi) is 17.6. The minimum absolute atomic E-state index is 0.278. The molecule has 0 bridgehead atoms. The lowest BCUT2D eigenvalue weighted by Crippen LogP contribution is -2.55. The van der Waals surface area contributed by atoms with Gasteiger partial charge in [0.1, 0.15) is 0 Å². The van der Waals surface area contributed by atoms with E-state index in [1.165, 1.54) is 12.8 Å². The number of likely N-dealkylation sites (tertiary alicyclic amines) is 3. The van der Waals surface area contributed by atoms with Crippen LogP contribution in [0.3, 0.4) is 0 Å². The van der Waals surface area contributed by atoms with Crippen molar-refractivity contribution in [2.45, 2.75) is 143 Å². The van der Waals surface area contributed by atoms with Gasteiger partial charge in [0.05, 0.1) is 0 Å². The van der Waals surface area contributed by atoms with E-state index >= 15 is 0 Å². The highest BCUT2D eigenvalue weighted by Crippen LogP contribution is 2.28. The molecule has 1 aromatic rings. The first kappa shape index (κ1) is 47.7. The summed E-state index contributed by atoms with van der Waals surface area (Å²) in [6, 6.07) is 1.57. The number of carbonyl (C=O) groups excluding carboxylic acids is 3. The minimum atomic E-state index is 0.278. The van der Waals surface area contributed by atoms with Gasteiger partial charge in [0.15, 0.2) is 0 Å². The maximum absolute atomic E-state index is 13.1. The molecule has 2 atom stereocenters. The van der Waals surface area contributed by atoms with E-state index in [-0.39, 0.29) is 5.91 Å². The Hall–Kier alpha value is -3.30. The molecule has 0 saturated carbocycles. The van der Waals surface area contributed by atoms with Crippen LogP contribution in [0.15, 0.2) is 0 Å². The van der Waals surface area contributed by atoms with Crippen LogP contribution in [-0.4, -0.2) is 198 Å². The zero-order chi connectivity index (χ0) is 44.3. The zero-order valence-corrected chi connectivity index (χ0v) is 40.1. The third-order valence-corrected chi connectivity index (χ3v) is 15.6. The first-order valence-corrected chi connectivity index (χ1v) is 25.7. The Morgan fingerprint density at radius 3 is 1.06 bits per heavy atom. The van der Waals surface area contributed by atoms with E-state index in [9.17, 15) is 14.4 Å². The van der Waals surface area contributed by atoms with Crippen molar-refractivity contribution in [1.82, 2.24) is 44.4 Å². The second-order valence-electron chi connectivity index (χ2n) is 20.0. The number of hydrogen-bond donors (Lipinski definition) is 0. The molecule has 3 amide bonds. The van der Waals surface area contributed by atoms with Crippen molar-refractivity contribution in [3.05, 3.63) is 0 Å². The van der Waals surface area contributed by atoms with Crippen LogP contribution in [0.25, 0.3) is 0 Å². The summed E-state index contributed by atoms with van der Waals surface area (Å²) in [7, 11) is 0. The topological polar surface area (TPSA) is 119 Å². The summed E-state index contributed by atoms with van der Waals surface area (Å²) in [5.41, 5.74) is 0. The van der Waals surface area contributed by atoms with E-state index in [0.29, 0.717) is 61.0 Å². The smallest absolute Gasteiger partial charge is 0.232 e. The van der Waals surface area contributed by atoms with E-state index < -0.39 is 0 Å². The highest BCUT2D eigenvalue weighted by atomic mass is 16.2. The van der Waals surface area contributed by atoms with E-state index in [1.54, 1.807) is 0 Å². The van der Waals surface area contributed by atoms with Gasteiger partial charge in [-0.25, -0.2) is 0 Å². The zero-order valence-electron chi connectivity index (χ0n) is 40.1. The van der Waals surface area contributed by atoms with Gasteiger partial charge < -0.3 is 29.4 Å². The molecule has 6 aliphatic rings.